The summed E-state index contributed by atoms with van der Waals surface area (Å²) >= 11 is 5.82. The third-order valence-electron chi connectivity index (χ3n) is 3.64. The summed E-state index contributed by atoms with van der Waals surface area (Å²) in [4.78, 5) is 13.7. The molecular formula is C18H23ClN2O3. The maximum atomic E-state index is 12.1. The minimum atomic E-state index is -0.111. The van der Waals surface area contributed by atoms with E-state index in [4.69, 9.17) is 20.8 Å². The van der Waals surface area contributed by atoms with Crippen LogP contribution in [0, 0.1) is 13.8 Å². The van der Waals surface area contributed by atoms with E-state index in [1.54, 1.807) is 24.1 Å². The zero-order chi connectivity index (χ0) is 17.5. The van der Waals surface area contributed by atoms with Crippen LogP contribution in [0.25, 0.3) is 0 Å². The van der Waals surface area contributed by atoms with Crippen molar-refractivity contribution in [1.82, 2.24) is 10.2 Å². The number of rotatable bonds is 7. The molecule has 1 heterocycles. The molecule has 0 aliphatic heterocycles. The molecule has 24 heavy (non-hydrogen) atoms. The van der Waals surface area contributed by atoms with Crippen molar-refractivity contribution >= 4 is 17.6 Å². The van der Waals surface area contributed by atoms with E-state index >= 15 is 0 Å². The molecule has 0 unspecified atom stereocenters. The number of furan rings is 1. The van der Waals surface area contributed by atoms with Gasteiger partial charge in [-0.15, -0.1) is 0 Å². The Balaban J connectivity index is 1.66. The second-order valence-electron chi connectivity index (χ2n) is 5.67. The smallest absolute Gasteiger partial charge is 0.317 e. The molecule has 0 saturated carbocycles. The minimum absolute atomic E-state index is 0.111. The van der Waals surface area contributed by atoms with E-state index in [9.17, 15) is 4.79 Å². The van der Waals surface area contributed by atoms with Crippen LogP contribution in [-0.2, 0) is 6.54 Å². The molecule has 0 bridgehead atoms. The third-order valence-corrected chi connectivity index (χ3v) is 3.89. The van der Waals surface area contributed by atoms with Crippen molar-refractivity contribution in [3.05, 3.63) is 52.4 Å². The molecule has 2 aromatic rings. The fourth-order valence-electron chi connectivity index (χ4n) is 2.29. The van der Waals surface area contributed by atoms with Crippen molar-refractivity contribution in [1.29, 1.82) is 0 Å². The van der Waals surface area contributed by atoms with Crippen LogP contribution in [0.5, 0.6) is 5.75 Å². The van der Waals surface area contributed by atoms with E-state index in [-0.39, 0.29) is 6.03 Å². The lowest BCUT2D eigenvalue weighted by Gasteiger charge is -2.18. The Morgan fingerprint density at radius 3 is 2.62 bits per heavy atom. The van der Waals surface area contributed by atoms with Crippen LogP contribution in [0.1, 0.15) is 23.5 Å². The van der Waals surface area contributed by atoms with Gasteiger partial charge in [-0.2, -0.15) is 0 Å². The maximum Gasteiger partial charge on any atom is 0.317 e. The molecule has 5 nitrogen and oxygen atoms in total. The molecule has 6 heteroatoms. The van der Waals surface area contributed by atoms with Crippen LogP contribution in [0.2, 0.25) is 5.02 Å². The van der Waals surface area contributed by atoms with Crippen LogP contribution in [0.4, 0.5) is 4.79 Å². The van der Waals surface area contributed by atoms with Gasteiger partial charge in [-0.05, 0) is 50.6 Å². The first kappa shape index (κ1) is 18.2. The molecule has 0 atom stereocenters. The molecule has 0 saturated heterocycles. The number of aryl methyl sites for hydroxylation is 2. The highest BCUT2D eigenvalue weighted by Gasteiger charge is 2.10. The molecule has 0 radical (unpaired) electrons. The molecule has 2 rings (SSSR count). The van der Waals surface area contributed by atoms with E-state index in [2.05, 4.69) is 5.32 Å². The van der Waals surface area contributed by atoms with Crippen LogP contribution in [-0.4, -0.2) is 31.1 Å². The van der Waals surface area contributed by atoms with Gasteiger partial charge >= 0.3 is 6.03 Å². The van der Waals surface area contributed by atoms with Gasteiger partial charge in [0.2, 0.25) is 0 Å². The summed E-state index contributed by atoms with van der Waals surface area (Å²) in [5, 5.41) is 3.57. The topological polar surface area (TPSA) is 54.7 Å². The molecular weight excluding hydrogens is 328 g/mol. The highest BCUT2D eigenvalue weighted by Crippen LogP contribution is 2.15. The number of urea groups is 1. The molecule has 0 spiro atoms. The molecule has 0 aliphatic carbocycles. The van der Waals surface area contributed by atoms with Gasteiger partial charge in [-0.3, -0.25) is 0 Å². The van der Waals surface area contributed by atoms with Crippen LogP contribution < -0.4 is 10.1 Å². The molecule has 1 N–H and O–H groups in total. The molecule has 1 aromatic heterocycles. The van der Waals surface area contributed by atoms with Gasteiger partial charge in [0, 0.05) is 30.7 Å². The zero-order valence-corrected chi connectivity index (χ0v) is 15.0. The van der Waals surface area contributed by atoms with Crippen LogP contribution in [0.3, 0.4) is 0 Å². The van der Waals surface area contributed by atoms with Gasteiger partial charge in [0.05, 0.1) is 6.61 Å². The summed E-state index contributed by atoms with van der Waals surface area (Å²) in [6.45, 7) is 5.41. The van der Waals surface area contributed by atoms with Crippen LogP contribution >= 0.6 is 11.6 Å². The van der Waals surface area contributed by atoms with Crippen molar-refractivity contribution in [2.75, 3.05) is 20.2 Å². The summed E-state index contributed by atoms with van der Waals surface area (Å²) in [5.74, 6) is 2.47. The lowest BCUT2D eigenvalue weighted by Crippen LogP contribution is -2.37. The number of benzene rings is 1. The number of nitrogens with zero attached hydrogens (tertiary/aromatic N) is 1. The van der Waals surface area contributed by atoms with Gasteiger partial charge in [0.15, 0.2) is 0 Å². The average Bonchev–Trinajstić information content (AvgIpc) is 2.88. The number of hydrogen-bond acceptors (Lipinski definition) is 3. The first-order valence-electron chi connectivity index (χ1n) is 7.89. The Morgan fingerprint density at radius 1 is 1.29 bits per heavy atom. The third kappa shape index (κ3) is 5.49. The van der Waals surface area contributed by atoms with Gasteiger partial charge in [0.25, 0.3) is 0 Å². The number of ether oxygens (including phenoxy) is 1. The lowest BCUT2D eigenvalue weighted by molar-refractivity contribution is 0.203. The van der Waals surface area contributed by atoms with Crippen LogP contribution in [0.15, 0.2) is 34.7 Å². The Hall–Kier alpha value is -2.14. The maximum absolute atomic E-state index is 12.1. The normalized spacial score (nSPS) is 10.5. The fraction of sp³-hybridized carbons (Fsp3) is 0.389. The van der Waals surface area contributed by atoms with E-state index in [0.717, 1.165) is 29.3 Å². The van der Waals surface area contributed by atoms with Gasteiger partial charge in [-0.25, -0.2) is 4.79 Å². The van der Waals surface area contributed by atoms with Crippen molar-refractivity contribution < 1.29 is 13.9 Å². The van der Waals surface area contributed by atoms with Crippen molar-refractivity contribution in [3.63, 3.8) is 0 Å². The Bertz CT molecular complexity index is 667. The lowest BCUT2D eigenvalue weighted by atomic mass is 10.2. The Morgan fingerprint density at radius 2 is 2.00 bits per heavy atom. The first-order valence-corrected chi connectivity index (χ1v) is 8.26. The monoisotopic (exact) mass is 350 g/mol. The Labute approximate surface area is 147 Å². The Kier molecular flexibility index (Phi) is 6.55. The van der Waals surface area contributed by atoms with E-state index in [1.165, 1.54) is 0 Å². The number of hydrogen-bond donors (Lipinski definition) is 1. The van der Waals surface area contributed by atoms with Crippen molar-refractivity contribution in [3.8, 4) is 5.75 Å². The molecule has 0 aliphatic rings. The predicted molar refractivity (Wildman–Crippen MR) is 94.6 cm³/mol. The van der Waals surface area contributed by atoms with E-state index in [1.807, 2.05) is 32.0 Å². The fourth-order valence-corrected chi connectivity index (χ4v) is 2.41. The number of carbonyl (C=O) groups excluding carboxylic acids is 1. The summed E-state index contributed by atoms with van der Waals surface area (Å²) in [6.07, 6.45) is 0.746. The van der Waals surface area contributed by atoms with E-state index < -0.39 is 0 Å². The summed E-state index contributed by atoms with van der Waals surface area (Å²) in [6, 6.07) is 9.06. The second-order valence-corrected chi connectivity index (χ2v) is 6.11. The zero-order valence-electron chi connectivity index (χ0n) is 14.3. The van der Waals surface area contributed by atoms with Crippen molar-refractivity contribution in [2.45, 2.75) is 26.8 Å². The van der Waals surface area contributed by atoms with E-state index in [0.29, 0.717) is 24.7 Å². The quantitative estimate of drug-likeness (QED) is 0.763. The molecule has 2 amide bonds. The minimum Gasteiger partial charge on any atom is -0.494 e. The molecule has 0 fully saturated rings. The molecule has 130 valence electrons. The summed E-state index contributed by atoms with van der Waals surface area (Å²) in [5.41, 5.74) is 1.00. The standard InChI is InChI=1S/C18H23ClN2O3/c1-13-11-15(14(2)24-13)12-20-18(22)21(3)9-4-10-23-17-7-5-16(19)6-8-17/h5-8,11H,4,9-10,12H2,1-3H3,(H,20,22). The predicted octanol–water partition coefficient (Wildman–Crippen LogP) is 4.16. The number of amides is 2. The number of nitrogens with one attached hydrogen (secondary N) is 1. The highest BCUT2D eigenvalue weighted by molar-refractivity contribution is 6.30. The highest BCUT2D eigenvalue weighted by atomic mass is 35.5. The number of halogens is 1. The second kappa shape index (κ2) is 8.64. The SMILES string of the molecule is Cc1cc(CNC(=O)N(C)CCCOc2ccc(Cl)cc2)c(C)o1. The summed E-state index contributed by atoms with van der Waals surface area (Å²) < 4.78 is 11.1. The number of carbonyl (C=O) groups is 1. The van der Waals surface area contributed by atoms with Crippen molar-refractivity contribution in [2.24, 2.45) is 0 Å². The largest absolute Gasteiger partial charge is 0.494 e. The van der Waals surface area contributed by atoms with Gasteiger partial charge < -0.3 is 19.4 Å². The average molecular weight is 351 g/mol. The summed E-state index contributed by atoms with van der Waals surface area (Å²) in [7, 11) is 1.77. The first-order chi connectivity index (χ1) is 11.5. The molecule has 1 aromatic carbocycles. The van der Waals surface area contributed by atoms with Gasteiger partial charge in [0.1, 0.15) is 17.3 Å². The van der Waals surface area contributed by atoms with Gasteiger partial charge in [-0.1, -0.05) is 11.6 Å².